The number of nitrogen functional groups attached to an aromatic ring is 1. The molecule has 0 saturated carbocycles. The van der Waals surface area contributed by atoms with Crippen LogP contribution in [0.15, 0.2) is 18.2 Å². The summed E-state index contributed by atoms with van der Waals surface area (Å²) in [7, 11) is 0. The van der Waals surface area contributed by atoms with Crippen LogP contribution in [0, 0.1) is 13.8 Å². The third-order valence-electron chi connectivity index (χ3n) is 2.17. The van der Waals surface area contributed by atoms with Crippen LogP contribution >= 0.6 is 0 Å². The molecule has 0 spiro atoms. The zero-order chi connectivity index (χ0) is 9.84. The molecule has 0 aliphatic rings. The van der Waals surface area contributed by atoms with Crippen molar-refractivity contribution in [2.75, 3.05) is 5.73 Å². The van der Waals surface area contributed by atoms with E-state index < -0.39 is 0 Å². The molecule has 68 valence electrons. The molecule has 1 aromatic rings. The number of aryl methyl sites for hydroxylation is 1. The highest BCUT2D eigenvalue weighted by Gasteiger charge is 2.00. The third kappa shape index (κ3) is 1.96. The van der Waals surface area contributed by atoms with E-state index in [4.69, 9.17) is 5.73 Å². The van der Waals surface area contributed by atoms with Gasteiger partial charge in [-0.2, -0.15) is 0 Å². The number of aldehydes is 1. The summed E-state index contributed by atoms with van der Waals surface area (Å²) in [6.45, 7) is 3.99. The van der Waals surface area contributed by atoms with E-state index in [1.165, 1.54) is 11.6 Å². The molecule has 0 heterocycles. The van der Waals surface area contributed by atoms with E-state index in [1.807, 2.05) is 26.0 Å². The summed E-state index contributed by atoms with van der Waals surface area (Å²) in [4.78, 5) is 10.1. The first kappa shape index (κ1) is 9.52. The first-order chi connectivity index (χ1) is 6.16. The van der Waals surface area contributed by atoms with E-state index in [1.54, 1.807) is 6.08 Å². The Labute approximate surface area is 78.1 Å². The molecule has 0 radical (unpaired) electrons. The average molecular weight is 175 g/mol. The Bertz CT molecular complexity index is 353. The molecular weight excluding hydrogens is 162 g/mol. The summed E-state index contributed by atoms with van der Waals surface area (Å²) in [5.74, 6) is 0. The Balaban J connectivity index is 3.17. The molecule has 0 aliphatic heterocycles. The number of carbonyl (C=O) groups is 1. The minimum atomic E-state index is 0.745. The second-order valence-electron chi connectivity index (χ2n) is 3.01. The third-order valence-corrected chi connectivity index (χ3v) is 2.17. The fraction of sp³-hybridized carbons (Fsp3) is 0.182. The van der Waals surface area contributed by atoms with E-state index in [0.29, 0.717) is 0 Å². The van der Waals surface area contributed by atoms with Crippen LogP contribution < -0.4 is 5.73 Å². The summed E-state index contributed by atoms with van der Waals surface area (Å²) in [5.41, 5.74) is 9.75. The smallest absolute Gasteiger partial charge is 0.142 e. The van der Waals surface area contributed by atoms with E-state index in [2.05, 4.69) is 0 Å². The largest absolute Gasteiger partial charge is 0.398 e. The maximum absolute atomic E-state index is 10.1. The molecule has 0 bridgehead atoms. The van der Waals surface area contributed by atoms with Gasteiger partial charge in [-0.25, -0.2) is 0 Å². The van der Waals surface area contributed by atoms with Crippen molar-refractivity contribution in [3.05, 3.63) is 34.9 Å². The predicted molar refractivity (Wildman–Crippen MR) is 55.4 cm³/mol. The van der Waals surface area contributed by atoms with Crippen molar-refractivity contribution in [2.24, 2.45) is 0 Å². The molecule has 0 saturated heterocycles. The van der Waals surface area contributed by atoms with Gasteiger partial charge in [-0.1, -0.05) is 12.1 Å². The molecule has 1 rings (SSSR count). The summed E-state index contributed by atoms with van der Waals surface area (Å²) in [5, 5.41) is 0. The van der Waals surface area contributed by atoms with Gasteiger partial charge in [0.15, 0.2) is 0 Å². The number of anilines is 1. The Hall–Kier alpha value is -1.57. The van der Waals surface area contributed by atoms with Gasteiger partial charge < -0.3 is 5.73 Å². The quantitative estimate of drug-likeness (QED) is 0.425. The van der Waals surface area contributed by atoms with Crippen molar-refractivity contribution >= 4 is 18.0 Å². The van der Waals surface area contributed by atoms with Crippen LogP contribution in [0.4, 0.5) is 5.69 Å². The number of rotatable bonds is 2. The number of hydrogen-bond acceptors (Lipinski definition) is 2. The Morgan fingerprint density at radius 1 is 1.31 bits per heavy atom. The number of nitrogens with two attached hydrogens (primary N) is 1. The van der Waals surface area contributed by atoms with Gasteiger partial charge in [-0.15, -0.1) is 0 Å². The van der Waals surface area contributed by atoms with Crippen molar-refractivity contribution in [3.63, 3.8) is 0 Å². The van der Waals surface area contributed by atoms with Crippen LogP contribution in [0.3, 0.4) is 0 Å². The molecule has 1 aromatic carbocycles. The Kier molecular flexibility index (Phi) is 2.85. The van der Waals surface area contributed by atoms with E-state index >= 15 is 0 Å². The van der Waals surface area contributed by atoms with Gasteiger partial charge in [-0.05, 0) is 42.7 Å². The zero-order valence-electron chi connectivity index (χ0n) is 7.87. The lowest BCUT2D eigenvalue weighted by atomic mass is 10.0. The predicted octanol–water partition coefficient (Wildman–Crippen LogP) is 2.10. The molecule has 0 aromatic heterocycles. The highest BCUT2D eigenvalue weighted by Crippen LogP contribution is 2.21. The van der Waals surface area contributed by atoms with Crippen LogP contribution in [0.5, 0.6) is 0 Å². The van der Waals surface area contributed by atoms with Crippen molar-refractivity contribution < 1.29 is 4.79 Å². The minimum Gasteiger partial charge on any atom is -0.398 e. The van der Waals surface area contributed by atoms with Crippen molar-refractivity contribution in [3.8, 4) is 0 Å². The zero-order valence-corrected chi connectivity index (χ0v) is 7.87. The molecule has 0 aliphatic carbocycles. The second kappa shape index (κ2) is 3.90. The van der Waals surface area contributed by atoms with Gasteiger partial charge in [0, 0.05) is 5.69 Å². The van der Waals surface area contributed by atoms with Crippen LogP contribution in [-0.2, 0) is 4.79 Å². The van der Waals surface area contributed by atoms with Crippen molar-refractivity contribution in [2.45, 2.75) is 13.8 Å². The van der Waals surface area contributed by atoms with E-state index in [0.717, 1.165) is 23.1 Å². The fourth-order valence-corrected chi connectivity index (χ4v) is 1.15. The van der Waals surface area contributed by atoms with Crippen LogP contribution in [0.1, 0.15) is 16.7 Å². The second-order valence-corrected chi connectivity index (χ2v) is 3.01. The Morgan fingerprint density at radius 3 is 2.62 bits per heavy atom. The molecule has 0 fully saturated rings. The molecule has 2 N–H and O–H groups in total. The normalized spacial score (nSPS) is 10.6. The molecule has 0 atom stereocenters. The topological polar surface area (TPSA) is 43.1 Å². The summed E-state index contributed by atoms with van der Waals surface area (Å²) in [6.07, 6.45) is 3.91. The number of benzene rings is 1. The van der Waals surface area contributed by atoms with Crippen molar-refractivity contribution in [1.82, 2.24) is 0 Å². The van der Waals surface area contributed by atoms with Crippen LogP contribution in [-0.4, -0.2) is 6.29 Å². The van der Waals surface area contributed by atoms with Gasteiger partial charge in [0.2, 0.25) is 0 Å². The summed E-state index contributed by atoms with van der Waals surface area (Å²) < 4.78 is 0. The number of hydrogen-bond donors (Lipinski definition) is 1. The van der Waals surface area contributed by atoms with Crippen LogP contribution in [0.2, 0.25) is 0 Å². The highest BCUT2D eigenvalue weighted by molar-refractivity contribution is 5.78. The molecule has 0 amide bonds. The minimum absolute atomic E-state index is 0.745. The average Bonchev–Trinajstić information content (AvgIpc) is 2.13. The molecule has 2 heteroatoms. The molecule has 0 unspecified atom stereocenters. The first-order valence-electron chi connectivity index (χ1n) is 4.14. The van der Waals surface area contributed by atoms with E-state index in [9.17, 15) is 4.79 Å². The van der Waals surface area contributed by atoms with Gasteiger partial charge in [-0.3, -0.25) is 4.79 Å². The molecular formula is C11H13NO. The maximum atomic E-state index is 10.1. The van der Waals surface area contributed by atoms with Crippen molar-refractivity contribution in [1.29, 1.82) is 0 Å². The maximum Gasteiger partial charge on any atom is 0.142 e. The van der Waals surface area contributed by atoms with Gasteiger partial charge >= 0.3 is 0 Å². The highest BCUT2D eigenvalue weighted by atomic mass is 16.1. The van der Waals surface area contributed by atoms with Gasteiger partial charge in [0.1, 0.15) is 6.29 Å². The monoisotopic (exact) mass is 175 g/mol. The SMILES string of the molecule is Cc1ccc(/C=C/C=O)c(N)c1C. The molecule has 2 nitrogen and oxygen atoms in total. The van der Waals surface area contributed by atoms with Crippen LogP contribution in [0.25, 0.3) is 6.08 Å². The lowest BCUT2D eigenvalue weighted by molar-refractivity contribution is -0.104. The summed E-state index contributed by atoms with van der Waals surface area (Å²) >= 11 is 0. The summed E-state index contributed by atoms with van der Waals surface area (Å²) in [6, 6.07) is 3.91. The lowest BCUT2D eigenvalue weighted by Crippen LogP contribution is -1.95. The Morgan fingerprint density at radius 2 is 2.00 bits per heavy atom. The number of carbonyl (C=O) groups excluding carboxylic acids is 1. The van der Waals surface area contributed by atoms with E-state index in [-0.39, 0.29) is 0 Å². The fourth-order valence-electron chi connectivity index (χ4n) is 1.15. The first-order valence-corrected chi connectivity index (χ1v) is 4.14. The number of allylic oxidation sites excluding steroid dienone is 1. The molecule has 13 heavy (non-hydrogen) atoms. The lowest BCUT2D eigenvalue weighted by Gasteiger charge is -2.06. The van der Waals surface area contributed by atoms with Gasteiger partial charge in [0.05, 0.1) is 0 Å². The standard InChI is InChI=1S/C11H13NO/c1-8-5-6-10(4-3-7-13)11(12)9(8)2/h3-7H,12H2,1-2H3/b4-3+. The van der Waals surface area contributed by atoms with Gasteiger partial charge in [0.25, 0.3) is 0 Å².